The molecule has 0 saturated carbocycles. The zero-order valence-electron chi connectivity index (χ0n) is 13.8. The summed E-state index contributed by atoms with van der Waals surface area (Å²) in [6.45, 7) is 0. The fourth-order valence-corrected chi connectivity index (χ4v) is 3.73. The van der Waals surface area contributed by atoms with Gasteiger partial charge in [0, 0.05) is 30.4 Å². The summed E-state index contributed by atoms with van der Waals surface area (Å²) in [6.07, 6.45) is 6.40. The third-order valence-electron chi connectivity index (χ3n) is 5.06. The summed E-state index contributed by atoms with van der Waals surface area (Å²) in [4.78, 5) is 24.4. The van der Waals surface area contributed by atoms with E-state index in [0.717, 1.165) is 61.0 Å². The maximum Gasteiger partial charge on any atom is 0.272 e. The first-order valence-electron chi connectivity index (χ1n) is 8.55. The fraction of sp³-hybridized carbons (Fsp3) is 0.529. The predicted octanol–water partition coefficient (Wildman–Crippen LogP) is 0.669. The van der Waals surface area contributed by atoms with Crippen LogP contribution in [-0.4, -0.2) is 31.9 Å². The van der Waals surface area contributed by atoms with Crippen LogP contribution in [0.3, 0.4) is 0 Å². The highest BCUT2D eigenvalue weighted by molar-refractivity contribution is 5.94. The molecule has 1 unspecified atom stereocenters. The Labute approximate surface area is 139 Å². The zero-order valence-corrected chi connectivity index (χ0v) is 13.8. The lowest BCUT2D eigenvalue weighted by atomic mass is 9.91. The third-order valence-corrected chi connectivity index (χ3v) is 5.06. The number of fused-ring (bicyclic) bond motifs is 2. The number of H-pyrrole nitrogens is 1. The Morgan fingerprint density at radius 1 is 1.33 bits per heavy atom. The molecule has 2 heterocycles. The number of aromatic amines is 1. The minimum absolute atomic E-state index is 0.0230. The Bertz CT molecular complexity index is 851. The molecule has 0 aromatic carbocycles. The van der Waals surface area contributed by atoms with E-state index in [4.69, 9.17) is 0 Å². The highest BCUT2D eigenvalue weighted by atomic mass is 16.2. The van der Waals surface area contributed by atoms with Gasteiger partial charge in [0.25, 0.3) is 11.5 Å². The molecule has 0 radical (unpaired) electrons. The van der Waals surface area contributed by atoms with Crippen LogP contribution < -0.4 is 10.9 Å². The van der Waals surface area contributed by atoms with Gasteiger partial charge in [0.1, 0.15) is 0 Å². The number of aryl methyl sites for hydroxylation is 3. The van der Waals surface area contributed by atoms with Gasteiger partial charge in [-0.05, 0) is 50.5 Å². The van der Waals surface area contributed by atoms with Crippen molar-refractivity contribution in [3.63, 3.8) is 0 Å². The van der Waals surface area contributed by atoms with Gasteiger partial charge in [0.2, 0.25) is 0 Å². The summed E-state index contributed by atoms with van der Waals surface area (Å²) in [5.41, 5.74) is 4.51. The number of hydrogen-bond acceptors (Lipinski definition) is 4. The van der Waals surface area contributed by atoms with Gasteiger partial charge < -0.3 is 5.32 Å². The van der Waals surface area contributed by atoms with E-state index in [-0.39, 0.29) is 17.5 Å². The number of amides is 1. The summed E-state index contributed by atoms with van der Waals surface area (Å²) in [6, 6.07) is 1.66. The molecule has 0 saturated heterocycles. The molecule has 2 aromatic rings. The second kappa shape index (κ2) is 5.89. The Morgan fingerprint density at radius 2 is 2.17 bits per heavy atom. The van der Waals surface area contributed by atoms with Crippen molar-refractivity contribution < 1.29 is 4.79 Å². The number of aromatic nitrogens is 4. The van der Waals surface area contributed by atoms with Crippen LogP contribution in [-0.2, 0) is 32.7 Å². The van der Waals surface area contributed by atoms with E-state index in [2.05, 4.69) is 20.6 Å². The zero-order chi connectivity index (χ0) is 16.7. The summed E-state index contributed by atoms with van der Waals surface area (Å²) in [5, 5.41) is 14.6. The minimum Gasteiger partial charge on any atom is -0.348 e. The molecule has 0 aliphatic heterocycles. The SMILES string of the molecule is Cn1nc2c(cc1=O)CC(NC(=O)c1n[nH]c3c1CCCC3)CC2. The molecule has 2 N–H and O–H groups in total. The quantitative estimate of drug-likeness (QED) is 0.848. The summed E-state index contributed by atoms with van der Waals surface area (Å²) < 4.78 is 1.37. The van der Waals surface area contributed by atoms with Crippen molar-refractivity contribution in [2.45, 2.75) is 51.0 Å². The first-order chi connectivity index (χ1) is 11.6. The molecule has 7 nitrogen and oxygen atoms in total. The van der Waals surface area contributed by atoms with Crippen molar-refractivity contribution in [3.8, 4) is 0 Å². The van der Waals surface area contributed by atoms with Crippen LogP contribution in [0.4, 0.5) is 0 Å². The van der Waals surface area contributed by atoms with Crippen molar-refractivity contribution in [2.75, 3.05) is 0 Å². The van der Waals surface area contributed by atoms with Crippen LogP contribution in [0.2, 0.25) is 0 Å². The molecule has 24 heavy (non-hydrogen) atoms. The van der Waals surface area contributed by atoms with E-state index >= 15 is 0 Å². The van der Waals surface area contributed by atoms with Gasteiger partial charge in [-0.3, -0.25) is 14.7 Å². The standard InChI is InChI=1S/C17H21N5O2/c1-22-15(23)9-10-8-11(6-7-13(10)21-22)18-17(24)16-12-4-2-3-5-14(12)19-20-16/h9,11H,2-8H2,1H3,(H,18,24)(H,19,20). The molecule has 2 aliphatic carbocycles. The van der Waals surface area contributed by atoms with E-state index in [9.17, 15) is 9.59 Å². The van der Waals surface area contributed by atoms with E-state index in [1.807, 2.05) is 0 Å². The highest BCUT2D eigenvalue weighted by Crippen LogP contribution is 2.23. The van der Waals surface area contributed by atoms with Gasteiger partial charge in [-0.2, -0.15) is 10.2 Å². The van der Waals surface area contributed by atoms with Crippen molar-refractivity contribution >= 4 is 5.91 Å². The summed E-state index contributed by atoms with van der Waals surface area (Å²) in [7, 11) is 1.66. The van der Waals surface area contributed by atoms with Gasteiger partial charge >= 0.3 is 0 Å². The van der Waals surface area contributed by atoms with Crippen molar-refractivity contribution in [3.05, 3.63) is 44.6 Å². The molecule has 2 aromatic heterocycles. The van der Waals surface area contributed by atoms with Crippen LogP contribution in [0.5, 0.6) is 0 Å². The van der Waals surface area contributed by atoms with Gasteiger partial charge in [-0.25, -0.2) is 4.68 Å². The highest BCUT2D eigenvalue weighted by Gasteiger charge is 2.26. The molecule has 0 fully saturated rings. The number of hydrogen-bond donors (Lipinski definition) is 2. The van der Waals surface area contributed by atoms with Crippen LogP contribution >= 0.6 is 0 Å². The lowest BCUT2D eigenvalue weighted by Crippen LogP contribution is -2.40. The average Bonchev–Trinajstić information content (AvgIpc) is 3.00. The molecule has 126 valence electrons. The second-order valence-corrected chi connectivity index (χ2v) is 6.73. The van der Waals surface area contributed by atoms with Gasteiger partial charge in [-0.15, -0.1) is 0 Å². The number of rotatable bonds is 2. The first-order valence-corrected chi connectivity index (χ1v) is 8.55. The predicted molar refractivity (Wildman–Crippen MR) is 88.0 cm³/mol. The second-order valence-electron chi connectivity index (χ2n) is 6.73. The molecule has 4 rings (SSSR count). The first kappa shape index (κ1) is 15.1. The van der Waals surface area contributed by atoms with E-state index in [0.29, 0.717) is 12.1 Å². The van der Waals surface area contributed by atoms with Crippen molar-refractivity contribution in [1.29, 1.82) is 0 Å². The van der Waals surface area contributed by atoms with Crippen LogP contribution in [0.1, 0.15) is 52.3 Å². The smallest absolute Gasteiger partial charge is 0.272 e. The normalized spacial score (nSPS) is 19.5. The monoisotopic (exact) mass is 327 g/mol. The Hall–Kier alpha value is -2.44. The average molecular weight is 327 g/mol. The fourth-order valence-electron chi connectivity index (χ4n) is 3.73. The van der Waals surface area contributed by atoms with Crippen LogP contribution in [0.15, 0.2) is 10.9 Å². The van der Waals surface area contributed by atoms with E-state index in [1.54, 1.807) is 13.1 Å². The number of nitrogens with zero attached hydrogens (tertiary/aromatic N) is 3. The minimum atomic E-state index is -0.111. The molecule has 0 bridgehead atoms. The van der Waals surface area contributed by atoms with Gasteiger partial charge in [0.05, 0.1) is 5.69 Å². The Morgan fingerprint density at radius 3 is 3.04 bits per heavy atom. The molecule has 2 aliphatic rings. The van der Waals surface area contributed by atoms with Gasteiger partial charge in [-0.1, -0.05) is 0 Å². The number of carbonyl (C=O) groups excluding carboxylic acids is 1. The van der Waals surface area contributed by atoms with Crippen molar-refractivity contribution in [2.24, 2.45) is 7.05 Å². The molecule has 7 heteroatoms. The topological polar surface area (TPSA) is 92.7 Å². The summed E-state index contributed by atoms with van der Waals surface area (Å²) in [5.74, 6) is -0.111. The maximum absolute atomic E-state index is 12.6. The van der Waals surface area contributed by atoms with E-state index in [1.165, 1.54) is 4.68 Å². The maximum atomic E-state index is 12.6. The van der Waals surface area contributed by atoms with Crippen LogP contribution in [0, 0.1) is 0 Å². The number of nitrogens with one attached hydrogen (secondary N) is 2. The molecule has 0 spiro atoms. The molecular weight excluding hydrogens is 306 g/mol. The summed E-state index contributed by atoms with van der Waals surface area (Å²) >= 11 is 0. The lowest BCUT2D eigenvalue weighted by molar-refractivity contribution is 0.0927. The molecule has 1 amide bonds. The Kier molecular flexibility index (Phi) is 3.70. The number of carbonyl (C=O) groups is 1. The third kappa shape index (κ3) is 2.64. The van der Waals surface area contributed by atoms with Crippen LogP contribution in [0.25, 0.3) is 0 Å². The molecular formula is C17H21N5O2. The van der Waals surface area contributed by atoms with Crippen molar-refractivity contribution in [1.82, 2.24) is 25.3 Å². The van der Waals surface area contributed by atoms with Gasteiger partial charge in [0.15, 0.2) is 5.69 Å². The van der Waals surface area contributed by atoms with E-state index < -0.39 is 0 Å². The lowest BCUT2D eigenvalue weighted by Gasteiger charge is -2.24. The molecule has 1 atom stereocenters. The Balaban J connectivity index is 1.50. The largest absolute Gasteiger partial charge is 0.348 e.